The summed E-state index contributed by atoms with van der Waals surface area (Å²) in [6, 6.07) is 9.83. The molecule has 2 aromatic rings. The second-order valence-corrected chi connectivity index (χ2v) is 9.56. The molecule has 0 radical (unpaired) electrons. The summed E-state index contributed by atoms with van der Waals surface area (Å²) in [5, 5.41) is 9.77. The third kappa shape index (κ3) is 5.07. The zero-order valence-electron chi connectivity index (χ0n) is 22.3. The maximum atomic E-state index is 11.9. The van der Waals surface area contributed by atoms with E-state index in [1.165, 1.54) is 0 Å². The van der Waals surface area contributed by atoms with Gasteiger partial charge in [-0.3, -0.25) is 0 Å². The molecule has 2 aliphatic rings. The van der Waals surface area contributed by atoms with Crippen molar-refractivity contribution < 1.29 is 38.3 Å². The highest BCUT2D eigenvalue weighted by atomic mass is 16.5. The van der Waals surface area contributed by atoms with Crippen LogP contribution in [0.25, 0.3) is 0 Å². The topological polar surface area (TPSA) is 92.7 Å². The number of carbonyl (C=O) groups is 1. The van der Waals surface area contributed by atoms with E-state index in [0.717, 1.165) is 29.5 Å². The summed E-state index contributed by atoms with van der Waals surface area (Å²) in [5.41, 5.74) is 3.49. The van der Waals surface area contributed by atoms with Crippen LogP contribution < -0.4 is 23.7 Å². The highest BCUT2D eigenvalue weighted by Crippen LogP contribution is 2.52. The van der Waals surface area contributed by atoms with Crippen molar-refractivity contribution in [2.75, 3.05) is 42.2 Å². The number of rotatable bonds is 10. The van der Waals surface area contributed by atoms with E-state index in [1.807, 2.05) is 37.3 Å². The monoisotopic (exact) mass is 512 g/mol. The number of carboxylic acids is 1. The van der Waals surface area contributed by atoms with Crippen molar-refractivity contribution >= 4 is 5.97 Å². The SMILES string of the molecule is COc1ccc(C[C@H]2CO[C@H](c3cc(OC)c(OC)c(OC)c3)[C@@H]2C2CCC(C(=O)O)=C2C)cc1OC. The minimum atomic E-state index is -0.834. The Morgan fingerprint density at radius 3 is 2.11 bits per heavy atom. The molecule has 4 rings (SSSR count). The van der Waals surface area contributed by atoms with Crippen LogP contribution in [0.1, 0.15) is 37.0 Å². The van der Waals surface area contributed by atoms with Crippen LogP contribution in [0.2, 0.25) is 0 Å². The molecule has 1 aliphatic carbocycles. The maximum absolute atomic E-state index is 11.9. The van der Waals surface area contributed by atoms with E-state index in [9.17, 15) is 9.90 Å². The quantitative estimate of drug-likeness (QED) is 0.471. The number of hydrogen-bond donors (Lipinski definition) is 1. The van der Waals surface area contributed by atoms with Gasteiger partial charge < -0.3 is 33.5 Å². The Hall–Kier alpha value is -3.39. The van der Waals surface area contributed by atoms with E-state index in [1.54, 1.807) is 35.5 Å². The van der Waals surface area contributed by atoms with Crippen LogP contribution in [-0.4, -0.2) is 53.2 Å². The lowest BCUT2D eigenvalue weighted by atomic mass is 9.73. The van der Waals surface area contributed by atoms with Crippen molar-refractivity contribution in [3.8, 4) is 28.7 Å². The van der Waals surface area contributed by atoms with Crippen molar-refractivity contribution in [3.63, 3.8) is 0 Å². The number of methoxy groups -OCH3 is 5. The van der Waals surface area contributed by atoms with E-state index < -0.39 is 5.97 Å². The fourth-order valence-corrected chi connectivity index (χ4v) is 6.02. The summed E-state index contributed by atoms with van der Waals surface area (Å²) in [7, 11) is 8.02. The molecule has 4 atom stereocenters. The lowest BCUT2D eigenvalue weighted by Gasteiger charge is -2.31. The van der Waals surface area contributed by atoms with Crippen molar-refractivity contribution in [1.82, 2.24) is 0 Å². The molecule has 1 saturated heterocycles. The molecule has 1 aliphatic heterocycles. The number of benzene rings is 2. The summed E-state index contributed by atoms with van der Waals surface area (Å²) in [6.45, 7) is 2.51. The van der Waals surface area contributed by atoms with E-state index in [4.69, 9.17) is 28.4 Å². The predicted octanol–water partition coefficient (Wildman–Crippen LogP) is 5.09. The predicted molar refractivity (Wildman–Crippen MR) is 138 cm³/mol. The van der Waals surface area contributed by atoms with Gasteiger partial charge in [0.25, 0.3) is 0 Å². The highest BCUT2D eigenvalue weighted by molar-refractivity contribution is 5.88. The van der Waals surface area contributed by atoms with Gasteiger partial charge >= 0.3 is 5.97 Å². The average Bonchev–Trinajstić information content (AvgIpc) is 3.50. The van der Waals surface area contributed by atoms with Crippen molar-refractivity contribution in [2.45, 2.75) is 32.3 Å². The van der Waals surface area contributed by atoms with E-state index in [-0.39, 0.29) is 23.9 Å². The molecule has 0 aromatic heterocycles. The number of hydrogen-bond acceptors (Lipinski definition) is 7. The number of carboxylic acid groups (broad SMARTS) is 1. The van der Waals surface area contributed by atoms with Crippen molar-refractivity contribution in [2.24, 2.45) is 17.8 Å². The second kappa shape index (κ2) is 11.3. The lowest BCUT2D eigenvalue weighted by molar-refractivity contribution is -0.132. The molecule has 8 nitrogen and oxygen atoms in total. The second-order valence-electron chi connectivity index (χ2n) is 9.56. The molecule has 37 heavy (non-hydrogen) atoms. The van der Waals surface area contributed by atoms with Crippen LogP contribution in [0.5, 0.6) is 28.7 Å². The van der Waals surface area contributed by atoms with Gasteiger partial charge in [-0.25, -0.2) is 4.79 Å². The lowest BCUT2D eigenvalue weighted by Crippen LogP contribution is -2.26. The Kier molecular flexibility index (Phi) is 8.17. The van der Waals surface area contributed by atoms with Crippen LogP contribution in [-0.2, 0) is 16.0 Å². The van der Waals surface area contributed by atoms with Gasteiger partial charge in [0.1, 0.15) is 0 Å². The Balaban J connectivity index is 1.75. The smallest absolute Gasteiger partial charge is 0.331 e. The van der Waals surface area contributed by atoms with Gasteiger partial charge in [-0.15, -0.1) is 0 Å². The van der Waals surface area contributed by atoms with Crippen LogP contribution in [0.4, 0.5) is 0 Å². The fourth-order valence-electron chi connectivity index (χ4n) is 6.02. The first-order valence-corrected chi connectivity index (χ1v) is 12.4. The van der Waals surface area contributed by atoms with Crippen molar-refractivity contribution in [1.29, 1.82) is 0 Å². The van der Waals surface area contributed by atoms with Crippen LogP contribution in [0, 0.1) is 17.8 Å². The first-order chi connectivity index (χ1) is 17.9. The summed E-state index contributed by atoms with van der Waals surface area (Å²) in [6.07, 6.45) is 1.85. The van der Waals surface area contributed by atoms with E-state index in [2.05, 4.69) is 0 Å². The van der Waals surface area contributed by atoms with Crippen LogP contribution in [0.15, 0.2) is 41.5 Å². The molecule has 1 N–H and O–H groups in total. The number of allylic oxidation sites excluding steroid dienone is 1. The van der Waals surface area contributed by atoms with Gasteiger partial charge in [0.2, 0.25) is 5.75 Å². The van der Waals surface area contributed by atoms with Crippen LogP contribution in [0.3, 0.4) is 0 Å². The normalized spacial score (nSPS) is 23.2. The van der Waals surface area contributed by atoms with Gasteiger partial charge in [-0.2, -0.15) is 0 Å². The maximum Gasteiger partial charge on any atom is 0.331 e. The Bertz CT molecular complexity index is 1150. The zero-order chi connectivity index (χ0) is 26.7. The molecule has 0 amide bonds. The van der Waals surface area contributed by atoms with Crippen molar-refractivity contribution in [3.05, 3.63) is 52.6 Å². The van der Waals surface area contributed by atoms with Gasteiger partial charge in [-0.1, -0.05) is 11.6 Å². The molecule has 0 spiro atoms. The van der Waals surface area contributed by atoms with Gasteiger partial charge in [-0.05, 0) is 73.4 Å². The molecule has 0 saturated carbocycles. The highest BCUT2D eigenvalue weighted by Gasteiger charge is 2.46. The standard InChI is InChI=1S/C29H36O8/c1-16-20(8-9-21(16)29(30)31)26-19(11-17-7-10-22(32-2)23(12-17)33-3)15-37-27(26)18-13-24(34-4)28(36-6)25(14-18)35-5/h7,10,12-14,19-20,26-27H,8-9,11,15H2,1-6H3,(H,30,31)/t19-,20?,26-,27+/m0/s1. The first-order valence-electron chi connectivity index (χ1n) is 12.4. The van der Waals surface area contributed by atoms with Gasteiger partial charge in [0.05, 0.1) is 48.3 Å². The Labute approximate surface area is 218 Å². The Morgan fingerprint density at radius 2 is 1.57 bits per heavy atom. The minimum absolute atomic E-state index is 0.0627. The fraction of sp³-hybridized carbons (Fsp3) is 0.483. The van der Waals surface area contributed by atoms with Gasteiger partial charge in [0.15, 0.2) is 23.0 Å². The molecule has 8 heteroatoms. The van der Waals surface area contributed by atoms with E-state index >= 15 is 0 Å². The molecule has 1 fully saturated rings. The molecule has 1 unspecified atom stereocenters. The molecule has 1 heterocycles. The number of ether oxygens (including phenoxy) is 6. The molecule has 200 valence electrons. The summed E-state index contributed by atoms with van der Waals surface area (Å²) >= 11 is 0. The number of aliphatic carboxylic acids is 1. The zero-order valence-corrected chi connectivity index (χ0v) is 22.3. The molecular formula is C29H36O8. The average molecular weight is 513 g/mol. The van der Waals surface area contributed by atoms with Crippen LogP contribution >= 0.6 is 0 Å². The third-order valence-electron chi connectivity index (χ3n) is 7.81. The molecular weight excluding hydrogens is 476 g/mol. The molecule has 0 bridgehead atoms. The first kappa shape index (κ1) is 26.7. The summed E-state index contributed by atoms with van der Waals surface area (Å²) in [4.78, 5) is 11.9. The molecule has 2 aromatic carbocycles. The largest absolute Gasteiger partial charge is 0.493 e. The summed E-state index contributed by atoms with van der Waals surface area (Å²) in [5.74, 6) is 2.49. The van der Waals surface area contributed by atoms with Gasteiger partial charge in [0, 0.05) is 11.5 Å². The minimum Gasteiger partial charge on any atom is -0.493 e. The summed E-state index contributed by atoms with van der Waals surface area (Å²) < 4.78 is 34.1. The third-order valence-corrected chi connectivity index (χ3v) is 7.81. The Morgan fingerprint density at radius 1 is 0.919 bits per heavy atom. The van der Waals surface area contributed by atoms with E-state index in [0.29, 0.717) is 47.3 Å².